The zero-order valence-electron chi connectivity index (χ0n) is 18.6. The summed E-state index contributed by atoms with van der Waals surface area (Å²) in [7, 11) is 0. The van der Waals surface area contributed by atoms with Gasteiger partial charge in [0.05, 0.1) is 0 Å². The maximum absolute atomic E-state index is 14.2. The third-order valence-corrected chi connectivity index (χ3v) is 7.49. The first kappa shape index (κ1) is 24.2. The van der Waals surface area contributed by atoms with Crippen LogP contribution in [-0.2, 0) is 15.0 Å². The second-order valence-corrected chi connectivity index (χ2v) is 9.35. The standard InChI is InChI=1S/C25H25F5N2O2/c1-23(25(28,29)30,17-5-3-2-4-6-17)22(34)32-11-9-24(10-12-32)14-21(33)31-15-18(24)16-7-8-19(26)20(27)13-16/h2-8,13,18H,9-12,14-15H2,1H3,(H,31,33)/t18?,23-/m0/s1. The van der Waals surface area contributed by atoms with Crippen LogP contribution in [0.25, 0.3) is 0 Å². The van der Waals surface area contributed by atoms with Gasteiger partial charge in [0.2, 0.25) is 11.8 Å². The molecule has 0 aromatic heterocycles. The molecule has 2 aliphatic rings. The summed E-state index contributed by atoms with van der Waals surface area (Å²) in [5.41, 5.74) is -2.99. The zero-order valence-corrected chi connectivity index (χ0v) is 18.6. The number of nitrogens with zero attached hydrogens (tertiary/aromatic N) is 1. The van der Waals surface area contributed by atoms with Crippen molar-refractivity contribution in [3.8, 4) is 0 Å². The summed E-state index contributed by atoms with van der Waals surface area (Å²) in [6.45, 7) is 1.17. The average molecular weight is 480 g/mol. The number of rotatable bonds is 3. The maximum atomic E-state index is 14.2. The molecule has 4 rings (SSSR count). The summed E-state index contributed by atoms with van der Waals surface area (Å²) in [4.78, 5) is 26.7. The molecule has 0 aliphatic carbocycles. The molecule has 34 heavy (non-hydrogen) atoms. The molecule has 2 aliphatic heterocycles. The molecular formula is C25H25F5N2O2. The molecule has 0 bridgehead atoms. The SMILES string of the molecule is C[C@@](C(=O)N1CCC2(CC1)CC(=O)NCC2c1ccc(F)c(F)c1)(c1ccccc1)C(F)(F)F. The van der Waals surface area contributed by atoms with Gasteiger partial charge in [-0.15, -0.1) is 0 Å². The highest BCUT2D eigenvalue weighted by atomic mass is 19.4. The summed E-state index contributed by atoms with van der Waals surface area (Å²) < 4.78 is 69.9. The van der Waals surface area contributed by atoms with Crippen molar-refractivity contribution >= 4 is 11.8 Å². The molecule has 2 saturated heterocycles. The summed E-state index contributed by atoms with van der Waals surface area (Å²) in [6, 6.07) is 10.7. The third kappa shape index (κ3) is 4.05. The number of hydrogen-bond donors (Lipinski definition) is 1. The van der Waals surface area contributed by atoms with Gasteiger partial charge >= 0.3 is 6.18 Å². The van der Waals surface area contributed by atoms with Crippen LogP contribution in [0.1, 0.15) is 43.2 Å². The van der Waals surface area contributed by atoms with Gasteiger partial charge in [0, 0.05) is 32.0 Å². The van der Waals surface area contributed by atoms with Crippen molar-refractivity contribution in [3.63, 3.8) is 0 Å². The van der Waals surface area contributed by atoms with Gasteiger partial charge in [0.25, 0.3) is 0 Å². The van der Waals surface area contributed by atoms with Crippen LogP contribution in [0, 0.1) is 17.0 Å². The van der Waals surface area contributed by atoms with E-state index in [9.17, 15) is 31.5 Å². The van der Waals surface area contributed by atoms with Crippen molar-refractivity contribution in [1.29, 1.82) is 0 Å². The van der Waals surface area contributed by atoms with Crippen molar-refractivity contribution in [2.45, 2.75) is 43.7 Å². The Kier molecular flexibility index (Phi) is 6.16. The van der Waals surface area contributed by atoms with E-state index in [-0.39, 0.29) is 56.3 Å². The highest BCUT2D eigenvalue weighted by molar-refractivity contribution is 5.89. The quantitative estimate of drug-likeness (QED) is 0.648. The van der Waals surface area contributed by atoms with E-state index in [1.807, 2.05) is 0 Å². The Labute approximate surface area is 194 Å². The van der Waals surface area contributed by atoms with Crippen LogP contribution < -0.4 is 5.32 Å². The fourth-order valence-electron chi connectivity index (χ4n) is 5.31. The number of halogens is 5. The lowest BCUT2D eigenvalue weighted by molar-refractivity contribution is -0.198. The molecule has 2 aromatic rings. The van der Waals surface area contributed by atoms with Gasteiger partial charge in [-0.2, -0.15) is 13.2 Å². The van der Waals surface area contributed by atoms with Crippen LogP contribution in [-0.4, -0.2) is 42.5 Å². The molecule has 1 N–H and O–H groups in total. The van der Waals surface area contributed by atoms with Gasteiger partial charge in [-0.05, 0) is 48.4 Å². The number of nitrogens with one attached hydrogen (secondary N) is 1. The number of alkyl halides is 3. The van der Waals surface area contributed by atoms with Crippen LogP contribution in [0.15, 0.2) is 48.5 Å². The minimum Gasteiger partial charge on any atom is -0.355 e. The van der Waals surface area contributed by atoms with Gasteiger partial charge in [0.1, 0.15) is 0 Å². The Morgan fingerprint density at radius 3 is 2.26 bits per heavy atom. The highest BCUT2D eigenvalue weighted by Crippen LogP contribution is 2.50. The molecule has 0 saturated carbocycles. The number of benzene rings is 2. The summed E-state index contributed by atoms with van der Waals surface area (Å²) >= 11 is 0. The van der Waals surface area contributed by atoms with E-state index in [0.29, 0.717) is 5.56 Å². The van der Waals surface area contributed by atoms with Crippen LogP contribution in [0.4, 0.5) is 22.0 Å². The lowest BCUT2D eigenvalue weighted by Gasteiger charge is -2.50. The molecule has 182 valence electrons. The monoisotopic (exact) mass is 480 g/mol. The van der Waals surface area contributed by atoms with E-state index in [4.69, 9.17) is 0 Å². The van der Waals surface area contributed by atoms with Gasteiger partial charge in [0.15, 0.2) is 17.0 Å². The minimum atomic E-state index is -4.81. The zero-order chi connectivity index (χ0) is 24.7. The largest absolute Gasteiger partial charge is 0.406 e. The second kappa shape index (κ2) is 8.67. The molecule has 1 unspecified atom stereocenters. The number of hydrogen-bond acceptors (Lipinski definition) is 2. The maximum Gasteiger partial charge on any atom is 0.406 e. The molecule has 2 amide bonds. The summed E-state index contributed by atoms with van der Waals surface area (Å²) in [5, 5.41) is 2.75. The molecule has 2 heterocycles. The van der Waals surface area contributed by atoms with E-state index < -0.39 is 34.5 Å². The number of piperidine rings is 2. The van der Waals surface area contributed by atoms with Crippen molar-refractivity contribution in [2.24, 2.45) is 5.41 Å². The smallest absolute Gasteiger partial charge is 0.355 e. The van der Waals surface area contributed by atoms with Gasteiger partial charge in [-0.3, -0.25) is 9.59 Å². The lowest BCUT2D eigenvalue weighted by Crippen LogP contribution is -2.58. The number of carbonyl (C=O) groups is 2. The predicted octanol–water partition coefficient (Wildman–Crippen LogP) is 4.70. The fourth-order valence-corrected chi connectivity index (χ4v) is 5.31. The Hall–Kier alpha value is -2.97. The molecule has 2 atom stereocenters. The third-order valence-electron chi connectivity index (χ3n) is 7.49. The molecule has 4 nitrogen and oxygen atoms in total. The van der Waals surface area contributed by atoms with Crippen molar-refractivity contribution in [3.05, 3.63) is 71.3 Å². The molecular weight excluding hydrogens is 455 g/mol. The predicted molar refractivity (Wildman–Crippen MR) is 115 cm³/mol. The van der Waals surface area contributed by atoms with Gasteiger partial charge in [-0.1, -0.05) is 36.4 Å². The first-order chi connectivity index (χ1) is 16.0. The summed E-state index contributed by atoms with van der Waals surface area (Å²) in [5.74, 6) is -3.57. The molecule has 9 heteroatoms. The van der Waals surface area contributed by atoms with E-state index in [1.165, 1.54) is 35.2 Å². The van der Waals surface area contributed by atoms with E-state index >= 15 is 0 Å². The molecule has 1 spiro atoms. The fraction of sp³-hybridized carbons (Fsp3) is 0.440. The normalized spacial score (nSPS) is 22.2. The lowest BCUT2D eigenvalue weighted by atomic mass is 9.62. The molecule has 2 fully saturated rings. The molecule has 2 aromatic carbocycles. The number of amides is 2. The topological polar surface area (TPSA) is 49.4 Å². The van der Waals surface area contributed by atoms with Crippen molar-refractivity contribution in [1.82, 2.24) is 10.2 Å². The number of likely N-dealkylation sites (tertiary alicyclic amines) is 1. The Morgan fingerprint density at radius 1 is 1.03 bits per heavy atom. The second-order valence-electron chi connectivity index (χ2n) is 9.35. The Morgan fingerprint density at radius 2 is 1.68 bits per heavy atom. The van der Waals surface area contributed by atoms with Crippen molar-refractivity contribution in [2.75, 3.05) is 19.6 Å². The minimum absolute atomic E-state index is 0.0325. The molecule has 0 radical (unpaired) electrons. The van der Waals surface area contributed by atoms with E-state index in [0.717, 1.165) is 19.1 Å². The van der Waals surface area contributed by atoms with E-state index in [1.54, 1.807) is 6.07 Å². The van der Waals surface area contributed by atoms with Gasteiger partial charge in [-0.25, -0.2) is 8.78 Å². The first-order valence-corrected chi connectivity index (χ1v) is 11.1. The average Bonchev–Trinajstić information content (AvgIpc) is 2.80. The van der Waals surface area contributed by atoms with E-state index in [2.05, 4.69) is 5.32 Å². The van der Waals surface area contributed by atoms with Crippen LogP contribution in [0.2, 0.25) is 0 Å². The highest BCUT2D eigenvalue weighted by Gasteiger charge is 2.60. The first-order valence-electron chi connectivity index (χ1n) is 11.1. The van der Waals surface area contributed by atoms with Crippen LogP contribution in [0.5, 0.6) is 0 Å². The van der Waals surface area contributed by atoms with Crippen LogP contribution in [0.3, 0.4) is 0 Å². The Balaban J connectivity index is 1.60. The Bertz CT molecular complexity index is 1080. The van der Waals surface area contributed by atoms with Crippen molar-refractivity contribution < 1.29 is 31.5 Å². The number of carbonyl (C=O) groups excluding carboxylic acids is 2. The van der Waals surface area contributed by atoms with Gasteiger partial charge < -0.3 is 10.2 Å². The van der Waals surface area contributed by atoms with Crippen LogP contribution >= 0.6 is 0 Å². The summed E-state index contributed by atoms with van der Waals surface area (Å²) in [6.07, 6.45) is -4.15.